The van der Waals surface area contributed by atoms with E-state index in [0.29, 0.717) is 5.41 Å². The number of rotatable bonds is 4. The highest BCUT2D eigenvalue weighted by atomic mass is 32.1. The lowest BCUT2D eigenvalue weighted by atomic mass is 10.1. The first-order chi connectivity index (χ1) is 6.18. The number of hydrogen-bond acceptors (Lipinski definition) is 3. The van der Waals surface area contributed by atoms with Crippen LogP contribution in [-0.2, 0) is 0 Å². The summed E-state index contributed by atoms with van der Waals surface area (Å²) in [6.07, 6.45) is 6.02. The number of anilines is 1. The Balaban J connectivity index is 1.73. The van der Waals surface area contributed by atoms with Gasteiger partial charge in [0.1, 0.15) is 0 Å². The predicted molar refractivity (Wildman–Crippen MR) is 57.3 cm³/mol. The Bertz CT molecular complexity index is 289. The van der Waals surface area contributed by atoms with Crippen LogP contribution in [0.1, 0.15) is 31.1 Å². The molecule has 0 saturated heterocycles. The van der Waals surface area contributed by atoms with Gasteiger partial charge >= 0.3 is 0 Å². The highest BCUT2D eigenvalue weighted by molar-refractivity contribution is 7.15. The zero-order valence-corrected chi connectivity index (χ0v) is 9.08. The molecule has 1 aliphatic rings. The van der Waals surface area contributed by atoms with Gasteiger partial charge in [-0.25, -0.2) is 4.98 Å². The van der Waals surface area contributed by atoms with Gasteiger partial charge in [0.05, 0.1) is 0 Å². The summed E-state index contributed by atoms with van der Waals surface area (Å²) >= 11 is 1.74. The van der Waals surface area contributed by atoms with Crippen LogP contribution in [0.4, 0.5) is 5.13 Å². The van der Waals surface area contributed by atoms with Crippen LogP contribution in [0, 0.1) is 12.3 Å². The second-order valence-electron chi connectivity index (χ2n) is 4.26. The molecule has 1 aromatic rings. The van der Waals surface area contributed by atoms with Gasteiger partial charge in [-0.15, -0.1) is 11.3 Å². The average molecular weight is 196 g/mol. The molecule has 1 heterocycles. The first-order valence-electron chi connectivity index (χ1n) is 4.84. The van der Waals surface area contributed by atoms with E-state index in [1.807, 2.05) is 6.20 Å². The summed E-state index contributed by atoms with van der Waals surface area (Å²) in [5.74, 6) is 0. The number of aryl methyl sites for hydroxylation is 1. The molecule has 1 fully saturated rings. The van der Waals surface area contributed by atoms with Gasteiger partial charge in [0, 0.05) is 17.6 Å². The fourth-order valence-electron chi connectivity index (χ4n) is 1.37. The minimum atomic E-state index is 0.652. The van der Waals surface area contributed by atoms with Gasteiger partial charge in [-0.05, 0) is 31.6 Å². The molecule has 0 atom stereocenters. The molecule has 3 heteroatoms. The largest absolute Gasteiger partial charge is 0.361 e. The van der Waals surface area contributed by atoms with Gasteiger partial charge < -0.3 is 5.32 Å². The summed E-state index contributed by atoms with van der Waals surface area (Å²) in [5.41, 5.74) is 0.652. The van der Waals surface area contributed by atoms with E-state index >= 15 is 0 Å². The lowest BCUT2D eigenvalue weighted by molar-refractivity contribution is 0.536. The van der Waals surface area contributed by atoms with Crippen molar-refractivity contribution in [3.63, 3.8) is 0 Å². The normalized spacial score (nSPS) is 18.6. The summed E-state index contributed by atoms with van der Waals surface area (Å²) in [7, 11) is 0. The summed E-state index contributed by atoms with van der Waals surface area (Å²) in [6.45, 7) is 5.52. The Morgan fingerprint density at radius 1 is 1.62 bits per heavy atom. The quantitative estimate of drug-likeness (QED) is 0.800. The highest BCUT2D eigenvalue weighted by Crippen LogP contribution is 2.47. The van der Waals surface area contributed by atoms with Crippen LogP contribution >= 0.6 is 11.3 Å². The first-order valence-corrected chi connectivity index (χ1v) is 5.66. The minimum absolute atomic E-state index is 0.652. The lowest BCUT2D eigenvalue weighted by Gasteiger charge is -2.07. The summed E-state index contributed by atoms with van der Waals surface area (Å²) in [6, 6.07) is 0. The van der Waals surface area contributed by atoms with Gasteiger partial charge in [0.25, 0.3) is 0 Å². The van der Waals surface area contributed by atoms with Gasteiger partial charge in [0.15, 0.2) is 5.13 Å². The van der Waals surface area contributed by atoms with Gasteiger partial charge in [-0.3, -0.25) is 0 Å². The Morgan fingerprint density at radius 2 is 2.38 bits per heavy atom. The minimum Gasteiger partial charge on any atom is -0.361 e. The molecule has 2 rings (SSSR count). The third-order valence-electron chi connectivity index (χ3n) is 2.73. The molecule has 1 aromatic heterocycles. The van der Waals surface area contributed by atoms with E-state index < -0.39 is 0 Å². The number of thiazole rings is 1. The van der Waals surface area contributed by atoms with Crippen LogP contribution in [0.3, 0.4) is 0 Å². The molecule has 0 aliphatic heterocycles. The fourth-order valence-corrected chi connectivity index (χ4v) is 2.06. The third-order valence-corrected chi connectivity index (χ3v) is 3.60. The molecule has 1 aliphatic carbocycles. The second kappa shape index (κ2) is 3.29. The Morgan fingerprint density at radius 3 is 2.92 bits per heavy atom. The number of aromatic nitrogens is 1. The molecule has 1 saturated carbocycles. The molecular formula is C10H16N2S. The van der Waals surface area contributed by atoms with Crippen LogP contribution in [0.2, 0.25) is 0 Å². The molecule has 0 radical (unpaired) electrons. The monoisotopic (exact) mass is 196 g/mol. The summed E-state index contributed by atoms with van der Waals surface area (Å²) in [4.78, 5) is 5.54. The zero-order valence-electron chi connectivity index (χ0n) is 8.26. The Labute approximate surface area is 83.4 Å². The number of nitrogens with zero attached hydrogens (tertiary/aromatic N) is 1. The van der Waals surface area contributed by atoms with Crippen LogP contribution in [-0.4, -0.2) is 11.5 Å². The van der Waals surface area contributed by atoms with E-state index in [9.17, 15) is 0 Å². The molecule has 2 nitrogen and oxygen atoms in total. The third kappa shape index (κ3) is 2.44. The van der Waals surface area contributed by atoms with Gasteiger partial charge in [-0.1, -0.05) is 6.92 Å². The van der Waals surface area contributed by atoms with Crippen molar-refractivity contribution in [1.29, 1.82) is 0 Å². The maximum atomic E-state index is 4.26. The van der Waals surface area contributed by atoms with Gasteiger partial charge in [-0.2, -0.15) is 0 Å². The van der Waals surface area contributed by atoms with Crippen molar-refractivity contribution in [1.82, 2.24) is 4.98 Å². The Hall–Kier alpha value is -0.570. The van der Waals surface area contributed by atoms with E-state index in [-0.39, 0.29) is 0 Å². The van der Waals surface area contributed by atoms with E-state index in [2.05, 4.69) is 24.1 Å². The smallest absolute Gasteiger partial charge is 0.182 e. The standard InChI is InChI=1S/C10H16N2S/c1-8-7-12-9(13-8)11-6-5-10(2)3-4-10/h7H,3-6H2,1-2H3,(H,11,12). The van der Waals surface area contributed by atoms with Crippen molar-refractivity contribution in [3.8, 4) is 0 Å². The van der Waals surface area contributed by atoms with Crippen molar-refractivity contribution in [3.05, 3.63) is 11.1 Å². The molecule has 72 valence electrons. The summed E-state index contributed by atoms with van der Waals surface area (Å²) < 4.78 is 0. The van der Waals surface area contributed by atoms with E-state index in [1.54, 1.807) is 11.3 Å². The van der Waals surface area contributed by atoms with Crippen molar-refractivity contribution in [2.45, 2.75) is 33.1 Å². The second-order valence-corrected chi connectivity index (χ2v) is 5.50. The van der Waals surface area contributed by atoms with Crippen molar-refractivity contribution in [2.75, 3.05) is 11.9 Å². The Kier molecular flexibility index (Phi) is 2.28. The maximum Gasteiger partial charge on any atom is 0.182 e. The van der Waals surface area contributed by atoms with E-state index in [1.165, 1.54) is 24.1 Å². The number of hydrogen-bond donors (Lipinski definition) is 1. The molecule has 1 N–H and O–H groups in total. The van der Waals surface area contributed by atoms with E-state index in [4.69, 9.17) is 0 Å². The van der Waals surface area contributed by atoms with Gasteiger partial charge in [0.2, 0.25) is 0 Å². The SMILES string of the molecule is Cc1cnc(NCCC2(C)CC2)s1. The molecule has 0 spiro atoms. The molecule has 0 amide bonds. The van der Waals surface area contributed by atoms with Crippen LogP contribution in [0.15, 0.2) is 6.20 Å². The van der Waals surface area contributed by atoms with Crippen molar-refractivity contribution < 1.29 is 0 Å². The topological polar surface area (TPSA) is 24.9 Å². The zero-order chi connectivity index (χ0) is 9.31. The lowest BCUT2D eigenvalue weighted by Crippen LogP contribution is -2.06. The molecule has 0 bridgehead atoms. The first kappa shape index (κ1) is 9.00. The molecule has 13 heavy (non-hydrogen) atoms. The molecule has 0 unspecified atom stereocenters. The highest BCUT2D eigenvalue weighted by Gasteiger charge is 2.36. The average Bonchev–Trinajstić information content (AvgIpc) is 2.65. The molecule has 0 aromatic carbocycles. The van der Waals surface area contributed by atoms with Crippen LogP contribution < -0.4 is 5.32 Å². The van der Waals surface area contributed by atoms with Crippen molar-refractivity contribution >= 4 is 16.5 Å². The number of nitrogens with one attached hydrogen (secondary N) is 1. The summed E-state index contributed by atoms with van der Waals surface area (Å²) in [5, 5.41) is 4.44. The van der Waals surface area contributed by atoms with Crippen LogP contribution in [0.5, 0.6) is 0 Å². The molecular weight excluding hydrogens is 180 g/mol. The maximum absolute atomic E-state index is 4.26. The predicted octanol–water partition coefficient (Wildman–Crippen LogP) is 3.05. The van der Waals surface area contributed by atoms with E-state index in [0.717, 1.165) is 11.7 Å². The van der Waals surface area contributed by atoms with Crippen molar-refractivity contribution in [2.24, 2.45) is 5.41 Å². The fraction of sp³-hybridized carbons (Fsp3) is 0.700. The van der Waals surface area contributed by atoms with Crippen LogP contribution in [0.25, 0.3) is 0 Å².